The molecule has 114 valence electrons. The molecule has 0 unspecified atom stereocenters. The van der Waals surface area contributed by atoms with Gasteiger partial charge in [-0.05, 0) is 13.0 Å². The number of nitrogens with zero attached hydrogens (tertiary/aromatic N) is 1. The van der Waals surface area contributed by atoms with Gasteiger partial charge in [-0.2, -0.15) is 0 Å². The minimum absolute atomic E-state index is 0.332. The Bertz CT molecular complexity index is 538. The van der Waals surface area contributed by atoms with Crippen LogP contribution in [0.25, 0.3) is 0 Å². The normalized spacial score (nSPS) is 10.9. The lowest BCUT2D eigenvalue weighted by Gasteiger charge is -2.16. The lowest BCUT2D eigenvalue weighted by molar-refractivity contribution is 0.231. The summed E-state index contributed by atoms with van der Waals surface area (Å²) in [5, 5.41) is 7.07. The molecule has 5 nitrogen and oxygen atoms in total. The molecule has 0 saturated heterocycles. The van der Waals surface area contributed by atoms with Crippen LogP contribution in [0.1, 0.15) is 32.1 Å². The minimum Gasteiger partial charge on any atom is -0.490 e. The third kappa shape index (κ3) is 4.49. The Labute approximate surface area is 125 Å². The van der Waals surface area contributed by atoms with Crippen molar-refractivity contribution >= 4 is 0 Å². The summed E-state index contributed by atoms with van der Waals surface area (Å²) >= 11 is 0. The van der Waals surface area contributed by atoms with Crippen molar-refractivity contribution in [1.29, 1.82) is 0 Å². The van der Waals surface area contributed by atoms with E-state index in [2.05, 4.69) is 24.3 Å². The van der Waals surface area contributed by atoms with Crippen molar-refractivity contribution in [2.45, 2.75) is 40.0 Å². The molecule has 0 spiro atoms. The van der Waals surface area contributed by atoms with Crippen molar-refractivity contribution in [3.8, 4) is 11.5 Å². The molecule has 0 atom stereocenters. The minimum atomic E-state index is 0.332. The Morgan fingerprint density at radius 3 is 2.76 bits per heavy atom. The van der Waals surface area contributed by atoms with E-state index in [1.54, 1.807) is 12.3 Å². The second-order valence-corrected chi connectivity index (χ2v) is 4.98. The highest BCUT2D eigenvalue weighted by Crippen LogP contribution is 2.32. The Kier molecular flexibility index (Phi) is 5.63. The molecule has 0 radical (unpaired) electrons. The first-order valence-electron chi connectivity index (χ1n) is 7.21. The van der Waals surface area contributed by atoms with Gasteiger partial charge >= 0.3 is 0 Å². The van der Waals surface area contributed by atoms with Crippen molar-refractivity contribution in [3.05, 3.63) is 41.8 Å². The Morgan fingerprint density at radius 1 is 1.24 bits per heavy atom. The van der Waals surface area contributed by atoms with E-state index in [0.717, 1.165) is 23.6 Å². The number of nitrogens with one attached hydrogen (secondary N) is 1. The fraction of sp³-hybridized carbons (Fsp3) is 0.438. The van der Waals surface area contributed by atoms with Gasteiger partial charge in [0.25, 0.3) is 0 Å². The van der Waals surface area contributed by atoms with Gasteiger partial charge in [-0.25, -0.2) is 0 Å². The van der Waals surface area contributed by atoms with Crippen molar-refractivity contribution in [2.75, 3.05) is 6.61 Å². The molecule has 0 fully saturated rings. The first-order chi connectivity index (χ1) is 10.2. The molecule has 1 N–H and O–H groups in total. The van der Waals surface area contributed by atoms with Gasteiger partial charge in [0.05, 0.1) is 12.8 Å². The highest BCUT2D eigenvalue weighted by atomic mass is 16.5. The summed E-state index contributed by atoms with van der Waals surface area (Å²) in [5.41, 5.74) is 1.06. The molecule has 5 heteroatoms. The largest absolute Gasteiger partial charge is 0.490 e. The molecule has 0 bridgehead atoms. The van der Waals surface area contributed by atoms with Crippen LogP contribution < -0.4 is 14.8 Å². The average Bonchev–Trinajstić information content (AvgIpc) is 2.97. The Morgan fingerprint density at radius 2 is 2.10 bits per heavy atom. The van der Waals surface area contributed by atoms with Gasteiger partial charge in [0.2, 0.25) is 0 Å². The third-order valence-corrected chi connectivity index (χ3v) is 2.91. The summed E-state index contributed by atoms with van der Waals surface area (Å²) in [6, 6.07) is 8.12. The molecule has 1 heterocycles. The quantitative estimate of drug-likeness (QED) is 0.809. The summed E-state index contributed by atoms with van der Waals surface area (Å²) < 4.78 is 16.6. The summed E-state index contributed by atoms with van der Waals surface area (Å²) in [7, 11) is 0. The van der Waals surface area contributed by atoms with E-state index >= 15 is 0 Å². The predicted octanol–water partition coefficient (Wildman–Crippen LogP) is 3.15. The molecule has 21 heavy (non-hydrogen) atoms. The summed E-state index contributed by atoms with van der Waals surface area (Å²) in [4.78, 5) is 0. The molecule has 2 rings (SSSR count). The van der Waals surface area contributed by atoms with Gasteiger partial charge in [0.15, 0.2) is 17.3 Å². The maximum atomic E-state index is 5.90. The fourth-order valence-corrected chi connectivity index (χ4v) is 1.91. The van der Waals surface area contributed by atoms with E-state index in [0.29, 0.717) is 25.0 Å². The second-order valence-electron chi connectivity index (χ2n) is 4.98. The third-order valence-electron chi connectivity index (χ3n) is 2.91. The number of rotatable bonds is 8. The molecule has 0 aliphatic rings. The molecule has 2 aromatic rings. The molecule has 0 aliphatic carbocycles. The van der Waals surface area contributed by atoms with Gasteiger partial charge in [0.1, 0.15) is 6.61 Å². The van der Waals surface area contributed by atoms with Crippen LogP contribution in [0.15, 0.2) is 35.0 Å². The van der Waals surface area contributed by atoms with Crippen LogP contribution in [-0.4, -0.2) is 17.8 Å². The van der Waals surface area contributed by atoms with Crippen LogP contribution in [0.5, 0.6) is 11.5 Å². The van der Waals surface area contributed by atoms with Gasteiger partial charge in [-0.1, -0.05) is 31.1 Å². The van der Waals surface area contributed by atoms with Crippen molar-refractivity contribution in [1.82, 2.24) is 10.5 Å². The van der Waals surface area contributed by atoms with Gasteiger partial charge in [-0.15, -0.1) is 0 Å². The van der Waals surface area contributed by atoms with Gasteiger partial charge in [-0.3, -0.25) is 0 Å². The van der Waals surface area contributed by atoms with E-state index in [-0.39, 0.29) is 0 Å². The number of aromatic nitrogens is 1. The van der Waals surface area contributed by atoms with E-state index in [9.17, 15) is 0 Å². The molecule has 0 amide bonds. The first kappa shape index (κ1) is 15.4. The Hall–Kier alpha value is -2.01. The summed E-state index contributed by atoms with van der Waals surface area (Å²) in [6.07, 6.45) is 1.61. The number of para-hydroxylation sites is 1. The highest BCUT2D eigenvalue weighted by Gasteiger charge is 2.12. The zero-order valence-electron chi connectivity index (χ0n) is 12.8. The van der Waals surface area contributed by atoms with Gasteiger partial charge < -0.3 is 19.3 Å². The van der Waals surface area contributed by atoms with Crippen molar-refractivity contribution < 1.29 is 14.0 Å². The van der Waals surface area contributed by atoms with Crippen LogP contribution in [0.3, 0.4) is 0 Å². The Balaban J connectivity index is 2.16. The van der Waals surface area contributed by atoms with Crippen LogP contribution in [0.2, 0.25) is 0 Å². The lowest BCUT2D eigenvalue weighted by Crippen LogP contribution is -2.22. The van der Waals surface area contributed by atoms with E-state index in [1.807, 2.05) is 25.1 Å². The van der Waals surface area contributed by atoms with E-state index in [4.69, 9.17) is 14.0 Å². The molecule has 1 aromatic carbocycles. The zero-order chi connectivity index (χ0) is 15.1. The smallest absolute Gasteiger partial charge is 0.174 e. The van der Waals surface area contributed by atoms with Gasteiger partial charge in [0, 0.05) is 24.2 Å². The fourth-order valence-electron chi connectivity index (χ4n) is 1.91. The monoisotopic (exact) mass is 290 g/mol. The first-order valence-corrected chi connectivity index (χ1v) is 7.21. The highest BCUT2D eigenvalue weighted by molar-refractivity contribution is 5.46. The van der Waals surface area contributed by atoms with Crippen molar-refractivity contribution in [3.63, 3.8) is 0 Å². The van der Waals surface area contributed by atoms with Crippen LogP contribution >= 0.6 is 0 Å². The maximum absolute atomic E-state index is 5.90. The average molecular weight is 290 g/mol. The van der Waals surface area contributed by atoms with Crippen LogP contribution in [-0.2, 0) is 13.2 Å². The van der Waals surface area contributed by atoms with E-state index in [1.165, 1.54) is 0 Å². The number of benzene rings is 1. The topological polar surface area (TPSA) is 56.5 Å². The predicted molar refractivity (Wildman–Crippen MR) is 80.4 cm³/mol. The zero-order valence-corrected chi connectivity index (χ0v) is 12.8. The number of hydrogen-bond donors (Lipinski definition) is 1. The summed E-state index contributed by atoms with van der Waals surface area (Å²) in [5.74, 6) is 2.19. The second kappa shape index (κ2) is 7.69. The molecule has 0 aliphatic heterocycles. The molecular formula is C16H22N2O3. The number of ether oxygens (including phenoxy) is 2. The lowest BCUT2D eigenvalue weighted by atomic mass is 10.1. The maximum Gasteiger partial charge on any atom is 0.174 e. The summed E-state index contributed by atoms with van der Waals surface area (Å²) in [6.45, 7) is 7.84. The number of hydrogen-bond acceptors (Lipinski definition) is 5. The van der Waals surface area contributed by atoms with Crippen molar-refractivity contribution in [2.24, 2.45) is 0 Å². The molecule has 0 saturated carbocycles. The standard InChI is InChI=1S/C16H22N2O3/c1-4-19-15-7-5-6-13(10-17-12(2)3)16(15)20-11-14-8-9-18-21-14/h5-9,12,17H,4,10-11H2,1-3H3. The SMILES string of the molecule is CCOc1cccc(CNC(C)C)c1OCc1ccno1. The molecular weight excluding hydrogens is 268 g/mol. The van der Waals surface area contributed by atoms with Crippen LogP contribution in [0, 0.1) is 0 Å². The van der Waals surface area contributed by atoms with E-state index < -0.39 is 0 Å². The molecule has 1 aromatic heterocycles. The van der Waals surface area contributed by atoms with Crippen LogP contribution in [0.4, 0.5) is 0 Å².